The maximum Gasteiger partial charge on any atom is 0.320 e. The van der Waals surface area contributed by atoms with Gasteiger partial charge in [0.05, 0.1) is 20.3 Å². The second-order valence-electron chi connectivity index (χ2n) is 4.74. The first-order valence-corrected chi connectivity index (χ1v) is 6.70. The van der Waals surface area contributed by atoms with E-state index in [1.54, 1.807) is 25.1 Å². The third kappa shape index (κ3) is 4.49. The number of esters is 1. The van der Waals surface area contributed by atoms with E-state index in [4.69, 9.17) is 9.47 Å². The van der Waals surface area contributed by atoms with Crippen molar-refractivity contribution in [3.05, 3.63) is 29.6 Å². The van der Waals surface area contributed by atoms with Gasteiger partial charge in [0.15, 0.2) is 11.6 Å². The molecule has 0 unspecified atom stereocenters. The van der Waals surface area contributed by atoms with Crippen molar-refractivity contribution in [1.29, 1.82) is 0 Å². The molecule has 0 spiro atoms. The fraction of sp³-hybridized carbons (Fsp3) is 0.533. The van der Waals surface area contributed by atoms with E-state index >= 15 is 0 Å². The molecule has 0 aliphatic heterocycles. The molecule has 1 aromatic rings. The number of nitrogens with zero attached hydrogens (tertiary/aromatic N) is 1. The highest BCUT2D eigenvalue weighted by Crippen LogP contribution is 2.21. The summed E-state index contributed by atoms with van der Waals surface area (Å²) in [5.74, 6) is -0.476. The van der Waals surface area contributed by atoms with Gasteiger partial charge in [-0.2, -0.15) is 0 Å². The molecule has 0 fully saturated rings. The van der Waals surface area contributed by atoms with E-state index < -0.39 is 0 Å². The zero-order valence-electron chi connectivity index (χ0n) is 12.5. The molecule has 4 nitrogen and oxygen atoms in total. The summed E-state index contributed by atoms with van der Waals surface area (Å²) in [7, 11) is 1.43. The van der Waals surface area contributed by atoms with Gasteiger partial charge >= 0.3 is 5.97 Å². The number of carbonyl (C=O) groups is 1. The maximum absolute atomic E-state index is 14.1. The average molecular weight is 283 g/mol. The quantitative estimate of drug-likeness (QED) is 0.721. The third-order valence-corrected chi connectivity index (χ3v) is 3.00. The summed E-state index contributed by atoms with van der Waals surface area (Å²) in [6, 6.07) is 5.10. The average Bonchev–Trinajstić information content (AvgIpc) is 2.40. The van der Waals surface area contributed by atoms with Crippen LogP contribution in [-0.2, 0) is 16.1 Å². The van der Waals surface area contributed by atoms with Crippen LogP contribution in [0.1, 0.15) is 26.3 Å². The molecule has 0 saturated heterocycles. The second kappa shape index (κ2) is 7.85. The van der Waals surface area contributed by atoms with E-state index in [0.717, 1.165) is 0 Å². The van der Waals surface area contributed by atoms with Crippen LogP contribution < -0.4 is 4.74 Å². The molecule has 112 valence electrons. The van der Waals surface area contributed by atoms with Gasteiger partial charge in [0.2, 0.25) is 0 Å². The van der Waals surface area contributed by atoms with Crippen molar-refractivity contribution in [1.82, 2.24) is 4.90 Å². The number of ether oxygens (including phenoxy) is 2. The zero-order valence-corrected chi connectivity index (χ0v) is 12.5. The summed E-state index contributed by atoms with van der Waals surface area (Å²) < 4.78 is 24.0. The van der Waals surface area contributed by atoms with Gasteiger partial charge in [0.25, 0.3) is 0 Å². The minimum absolute atomic E-state index is 0.102. The summed E-state index contributed by atoms with van der Waals surface area (Å²) in [5.41, 5.74) is 0.502. The number of hydrogen-bond donors (Lipinski definition) is 0. The molecule has 5 heteroatoms. The van der Waals surface area contributed by atoms with Crippen LogP contribution in [0.4, 0.5) is 4.39 Å². The van der Waals surface area contributed by atoms with Crippen molar-refractivity contribution >= 4 is 5.97 Å². The first-order chi connectivity index (χ1) is 9.49. The lowest BCUT2D eigenvalue weighted by molar-refractivity contribution is -0.145. The SMILES string of the molecule is CCOC(=O)CN(Cc1cccc(OC)c1F)C(C)C. The van der Waals surface area contributed by atoms with Gasteiger partial charge in [0, 0.05) is 18.2 Å². The van der Waals surface area contributed by atoms with E-state index in [-0.39, 0.29) is 30.1 Å². The topological polar surface area (TPSA) is 38.8 Å². The highest BCUT2D eigenvalue weighted by atomic mass is 19.1. The number of methoxy groups -OCH3 is 1. The highest BCUT2D eigenvalue weighted by molar-refractivity contribution is 5.71. The Hall–Kier alpha value is -1.62. The van der Waals surface area contributed by atoms with Crippen LogP contribution in [0.25, 0.3) is 0 Å². The Morgan fingerprint density at radius 2 is 2.10 bits per heavy atom. The lowest BCUT2D eigenvalue weighted by Gasteiger charge is -2.25. The predicted molar refractivity (Wildman–Crippen MR) is 75.1 cm³/mol. The molecule has 0 aliphatic rings. The maximum atomic E-state index is 14.1. The van der Waals surface area contributed by atoms with Gasteiger partial charge in [-0.05, 0) is 26.8 Å². The van der Waals surface area contributed by atoms with Gasteiger partial charge in [-0.25, -0.2) is 4.39 Å². The van der Waals surface area contributed by atoms with E-state index in [9.17, 15) is 9.18 Å². The Morgan fingerprint density at radius 1 is 1.40 bits per heavy atom. The van der Waals surface area contributed by atoms with E-state index in [1.807, 2.05) is 18.7 Å². The fourth-order valence-corrected chi connectivity index (χ4v) is 1.85. The molecular weight excluding hydrogens is 261 g/mol. The molecule has 1 aromatic carbocycles. The van der Waals surface area contributed by atoms with Crippen molar-refractivity contribution < 1.29 is 18.7 Å². The Bertz CT molecular complexity index is 449. The van der Waals surface area contributed by atoms with Crippen LogP contribution in [0.2, 0.25) is 0 Å². The minimum atomic E-state index is -0.385. The Morgan fingerprint density at radius 3 is 2.65 bits per heavy atom. The molecule has 0 aromatic heterocycles. The van der Waals surface area contributed by atoms with Gasteiger partial charge in [-0.15, -0.1) is 0 Å². The van der Waals surface area contributed by atoms with Crippen LogP contribution in [0.15, 0.2) is 18.2 Å². The van der Waals surface area contributed by atoms with E-state index in [1.165, 1.54) is 7.11 Å². The monoisotopic (exact) mass is 283 g/mol. The van der Waals surface area contributed by atoms with Crippen LogP contribution in [0.3, 0.4) is 0 Å². The van der Waals surface area contributed by atoms with Crippen molar-refractivity contribution in [2.75, 3.05) is 20.3 Å². The predicted octanol–water partition coefficient (Wildman–Crippen LogP) is 2.61. The highest BCUT2D eigenvalue weighted by Gasteiger charge is 2.18. The third-order valence-electron chi connectivity index (χ3n) is 3.00. The van der Waals surface area contributed by atoms with Crippen LogP contribution in [0, 0.1) is 5.82 Å². The van der Waals surface area contributed by atoms with Gasteiger partial charge in [-0.1, -0.05) is 12.1 Å². The fourth-order valence-electron chi connectivity index (χ4n) is 1.85. The number of rotatable bonds is 7. The minimum Gasteiger partial charge on any atom is -0.494 e. The van der Waals surface area contributed by atoms with Crippen LogP contribution in [-0.4, -0.2) is 37.2 Å². The molecule has 0 saturated carbocycles. The van der Waals surface area contributed by atoms with Crippen molar-refractivity contribution in [2.45, 2.75) is 33.4 Å². The number of benzene rings is 1. The van der Waals surface area contributed by atoms with E-state index in [2.05, 4.69) is 0 Å². The van der Waals surface area contributed by atoms with Gasteiger partial charge in [0.1, 0.15) is 0 Å². The number of hydrogen-bond acceptors (Lipinski definition) is 4. The summed E-state index contributed by atoms with van der Waals surface area (Å²) in [4.78, 5) is 13.4. The normalized spacial score (nSPS) is 10.9. The summed E-state index contributed by atoms with van der Waals surface area (Å²) in [6.07, 6.45) is 0. The smallest absolute Gasteiger partial charge is 0.320 e. The first kappa shape index (κ1) is 16.4. The molecule has 20 heavy (non-hydrogen) atoms. The van der Waals surface area contributed by atoms with Gasteiger partial charge < -0.3 is 9.47 Å². The Kier molecular flexibility index (Phi) is 6.45. The zero-order chi connectivity index (χ0) is 15.1. The van der Waals surface area contributed by atoms with Crippen LogP contribution in [0.5, 0.6) is 5.75 Å². The van der Waals surface area contributed by atoms with Crippen molar-refractivity contribution in [2.24, 2.45) is 0 Å². The Labute approximate surface area is 119 Å². The summed E-state index contributed by atoms with van der Waals surface area (Å²) in [5, 5.41) is 0. The molecular formula is C15H22FNO3. The summed E-state index contributed by atoms with van der Waals surface area (Å²) in [6.45, 7) is 6.49. The molecule has 0 bridgehead atoms. The number of halogens is 1. The Balaban J connectivity index is 2.83. The molecule has 0 amide bonds. The van der Waals surface area contributed by atoms with Gasteiger partial charge in [-0.3, -0.25) is 9.69 Å². The molecule has 0 N–H and O–H groups in total. The van der Waals surface area contributed by atoms with E-state index in [0.29, 0.717) is 18.7 Å². The van der Waals surface area contributed by atoms with Crippen LogP contribution >= 0.6 is 0 Å². The first-order valence-electron chi connectivity index (χ1n) is 6.70. The lowest BCUT2D eigenvalue weighted by atomic mass is 10.1. The molecule has 1 rings (SSSR count). The molecule has 0 radical (unpaired) electrons. The number of carbonyl (C=O) groups excluding carboxylic acids is 1. The molecule has 0 heterocycles. The van der Waals surface area contributed by atoms with Crippen molar-refractivity contribution in [3.8, 4) is 5.75 Å². The molecule has 0 aliphatic carbocycles. The molecule has 0 atom stereocenters. The largest absolute Gasteiger partial charge is 0.494 e. The summed E-state index contributed by atoms with van der Waals surface area (Å²) >= 11 is 0. The second-order valence-corrected chi connectivity index (χ2v) is 4.74. The van der Waals surface area contributed by atoms with Crippen molar-refractivity contribution in [3.63, 3.8) is 0 Å². The lowest BCUT2D eigenvalue weighted by Crippen LogP contribution is -2.36. The standard InChI is InChI=1S/C15H22FNO3/c1-5-20-14(18)10-17(11(2)3)9-12-7-6-8-13(19-4)15(12)16/h6-8,11H,5,9-10H2,1-4H3.